The van der Waals surface area contributed by atoms with Crippen molar-refractivity contribution in [3.05, 3.63) is 34.9 Å². The number of hydrogen-bond donors (Lipinski definition) is 2. The zero-order valence-corrected chi connectivity index (χ0v) is 12.7. The molecule has 0 saturated carbocycles. The third-order valence-electron chi connectivity index (χ3n) is 4.03. The van der Waals surface area contributed by atoms with Gasteiger partial charge in [-0.2, -0.15) is 18.4 Å². The van der Waals surface area contributed by atoms with Crippen LogP contribution in [0.15, 0.2) is 18.2 Å². The highest BCUT2D eigenvalue weighted by molar-refractivity contribution is 5.82. The van der Waals surface area contributed by atoms with Crippen molar-refractivity contribution in [1.29, 1.82) is 5.26 Å². The largest absolute Gasteiger partial charge is 0.471 e. The van der Waals surface area contributed by atoms with E-state index >= 15 is 0 Å². The van der Waals surface area contributed by atoms with Gasteiger partial charge in [-0.25, -0.2) is 0 Å². The number of amides is 1. The molecule has 7 heteroatoms. The van der Waals surface area contributed by atoms with E-state index in [9.17, 15) is 23.2 Å². The molecule has 0 spiro atoms. The van der Waals surface area contributed by atoms with E-state index in [1.54, 1.807) is 13.0 Å². The maximum atomic E-state index is 12.4. The molecule has 124 valence electrons. The molecule has 0 aliphatic carbocycles. The Morgan fingerprint density at radius 2 is 2.17 bits per heavy atom. The average molecular weight is 325 g/mol. The molecule has 0 aromatic heterocycles. The molecule has 0 fully saturated rings. The molecule has 0 radical (unpaired) electrons. The Morgan fingerprint density at radius 1 is 1.43 bits per heavy atom. The normalized spacial score (nSPS) is 16.8. The molecule has 23 heavy (non-hydrogen) atoms. The minimum Gasteiger partial charge on any atom is -0.344 e. The smallest absolute Gasteiger partial charge is 0.344 e. The van der Waals surface area contributed by atoms with Crippen LogP contribution in [0.3, 0.4) is 0 Å². The summed E-state index contributed by atoms with van der Waals surface area (Å²) in [4.78, 5) is 11.2. The number of halogens is 3. The van der Waals surface area contributed by atoms with Gasteiger partial charge in [0.25, 0.3) is 0 Å². The highest BCUT2D eigenvalue weighted by atomic mass is 19.4. The van der Waals surface area contributed by atoms with Gasteiger partial charge < -0.3 is 10.6 Å². The van der Waals surface area contributed by atoms with Crippen LogP contribution < -0.4 is 10.6 Å². The van der Waals surface area contributed by atoms with Crippen molar-refractivity contribution in [2.45, 2.75) is 44.4 Å². The van der Waals surface area contributed by atoms with E-state index in [1.165, 1.54) is 0 Å². The average Bonchev–Trinajstić information content (AvgIpc) is 2.53. The van der Waals surface area contributed by atoms with E-state index in [4.69, 9.17) is 0 Å². The molecule has 4 nitrogen and oxygen atoms in total. The molecule has 1 aromatic rings. The second kappa shape index (κ2) is 7.01. The van der Waals surface area contributed by atoms with Gasteiger partial charge in [0.15, 0.2) is 0 Å². The second-order valence-corrected chi connectivity index (χ2v) is 5.55. The number of rotatable bonds is 4. The fourth-order valence-corrected chi connectivity index (χ4v) is 2.76. The highest BCUT2D eigenvalue weighted by Crippen LogP contribution is 2.26. The lowest BCUT2D eigenvalue weighted by Gasteiger charge is -2.25. The quantitative estimate of drug-likeness (QED) is 0.893. The van der Waals surface area contributed by atoms with Crippen LogP contribution in [-0.2, 0) is 17.8 Å². The van der Waals surface area contributed by atoms with Crippen molar-refractivity contribution in [3.8, 4) is 6.07 Å². The SMILES string of the molecule is CCC(NC(=O)C(F)(F)F)C(C#N)c1ccc2c(c1)CCNC2. The lowest BCUT2D eigenvalue weighted by molar-refractivity contribution is -0.174. The van der Waals surface area contributed by atoms with E-state index in [0.29, 0.717) is 5.56 Å². The van der Waals surface area contributed by atoms with Gasteiger partial charge >= 0.3 is 12.1 Å². The van der Waals surface area contributed by atoms with Gasteiger partial charge in [-0.3, -0.25) is 4.79 Å². The van der Waals surface area contributed by atoms with Gasteiger partial charge in [-0.1, -0.05) is 25.1 Å². The van der Waals surface area contributed by atoms with Gasteiger partial charge in [0, 0.05) is 12.6 Å². The maximum Gasteiger partial charge on any atom is 0.471 e. The van der Waals surface area contributed by atoms with Crippen molar-refractivity contribution < 1.29 is 18.0 Å². The summed E-state index contributed by atoms with van der Waals surface area (Å²) in [5.41, 5.74) is 2.87. The molecule has 2 rings (SSSR count). The summed E-state index contributed by atoms with van der Waals surface area (Å²) in [5, 5.41) is 14.6. The summed E-state index contributed by atoms with van der Waals surface area (Å²) in [7, 11) is 0. The number of benzene rings is 1. The highest BCUT2D eigenvalue weighted by Gasteiger charge is 2.40. The fraction of sp³-hybridized carbons (Fsp3) is 0.500. The van der Waals surface area contributed by atoms with Gasteiger partial charge in [0.1, 0.15) is 0 Å². The Labute approximate surface area is 132 Å². The van der Waals surface area contributed by atoms with E-state index in [2.05, 4.69) is 5.32 Å². The van der Waals surface area contributed by atoms with Crippen LogP contribution in [0.5, 0.6) is 0 Å². The molecular weight excluding hydrogens is 307 g/mol. The Hall–Kier alpha value is -2.07. The Kier molecular flexibility index (Phi) is 5.26. The third kappa shape index (κ3) is 4.02. The minimum atomic E-state index is -4.95. The molecule has 2 unspecified atom stereocenters. The monoisotopic (exact) mass is 325 g/mol. The molecule has 1 aliphatic heterocycles. The van der Waals surface area contributed by atoms with Crippen LogP contribution >= 0.6 is 0 Å². The number of hydrogen-bond acceptors (Lipinski definition) is 3. The van der Waals surface area contributed by atoms with Crippen LogP contribution in [0.1, 0.15) is 36.0 Å². The maximum absolute atomic E-state index is 12.4. The number of fused-ring (bicyclic) bond motifs is 1. The van der Waals surface area contributed by atoms with Crippen molar-refractivity contribution >= 4 is 5.91 Å². The summed E-state index contributed by atoms with van der Waals surface area (Å²) < 4.78 is 37.3. The van der Waals surface area contributed by atoms with E-state index in [-0.39, 0.29) is 6.42 Å². The number of nitrogens with zero attached hydrogens (tertiary/aromatic N) is 1. The first-order valence-corrected chi connectivity index (χ1v) is 7.46. The molecular formula is C16H18F3N3O. The number of nitrogens with one attached hydrogen (secondary N) is 2. The lowest BCUT2D eigenvalue weighted by Crippen LogP contribution is -2.45. The second-order valence-electron chi connectivity index (χ2n) is 5.55. The van der Waals surface area contributed by atoms with E-state index in [0.717, 1.165) is 30.6 Å². The number of nitriles is 1. The third-order valence-corrected chi connectivity index (χ3v) is 4.03. The summed E-state index contributed by atoms with van der Waals surface area (Å²) in [6.07, 6.45) is -3.90. The fourth-order valence-electron chi connectivity index (χ4n) is 2.76. The molecule has 1 aliphatic rings. The van der Waals surface area contributed by atoms with Crippen molar-refractivity contribution in [3.63, 3.8) is 0 Å². The van der Waals surface area contributed by atoms with Crippen molar-refractivity contribution in [1.82, 2.24) is 10.6 Å². The zero-order chi connectivity index (χ0) is 17.0. The topological polar surface area (TPSA) is 64.9 Å². The van der Waals surface area contributed by atoms with Gasteiger partial charge in [0.05, 0.1) is 12.0 Å². The van der Waals surface area contributed by atoms with Crippen LogP contribution in [0, 0.1) is 11.3 Å². The molecule has 1 aromatic carbocycles. The number of carbonyl (C=O) groups is 1. The Morgan fingerprint density at radius 3 is 2.78 bits per heavy atom. The molecule has 2 N–H and O–H groups in total. The van der Waals surface area contributed by atoms with Crippen molar-refractivity contribution in [2.24, 2.45) is 0 Å². The Bertz CT molecular complexity index is 622. The summed E-state index contributed by atoms with van der Waals surface area (Å²) in [5.74, 6) is -2.82. The van der Waals surface area contributed by atoms with Gasteiger partial charge in [-0.15, -0.1) is 0 Å². The van der Waals surface area contributed by atoms with Gasteiger partial charge in [0.2, 0.25) is 0 Å². The summed E-state index contributed by atoms with van der Waals surface area (Å²) in [6, 6.07) is 6.66. The minimum absolute atomic E-state index is 0.235. The van der Waals surface area contributed by atoms with Crippen LogP contribution in [-0.4, -0.2) is 24.7 Å². The lowest BCUT2D eigenvalue weighted by atomic mass is 9.87. The number of carbonyl (C=O) groups excluding carboxylic acids is 1. The van der Waals surface area contributed by atoms with Crippen LogP contribution in [0.2, 0.25) is 0 Å². The summed E-state index contributed by atoms with van der Waals surface area (Å²) >= 11 is 0. The predicted octanol–water partition coefficient (Wildman–Crippen LogP) is 2.40. The predicted molar refractivity (Wildman–Crippen MR) is 78.5 cm³/mol. The molecule has 2 atom stereocenters. The first-order valence-electron chi connectivity index (χ1n) is 7.46. The first kappa shape index (κ1) is 17.3. The van der Waals surface area contributed by atoms with Crippen LogP contribution in [0.4, 0.5) is 13.2 Å². The molecule has 1 amide bonds. The van der Waals surface area contributed by atoms with E-state index < -0.39 is 24.0 Å². The summed E-state index contributed by atoms with van der Waals surface area (Å²) in [6.45, 7) is 3.22. The number of alkyl halides is 3. The molecule has 1 heterocycles. The first-order chi connectivity index (χ1) is 10.9. The standard InChI is InChI=1S/C16H18F3N3O/c1-2-14(22-15(23)16(17,18)19)13(8-20)11-3-4-12-9-21-6-5-10(12)7-11/h3-4,7,13-14,21H,2,5-6,9H2,1H3,(H,22,23). The van der Waals surface area contributed by atoms with E-state index in [1.807, 2.05) is 23.5 Å². The Balaban J connectivity index is 2.23. The van der Waals surface area contributed by atoms with Crippen LogP contribution in [0.25, 0.3) is 0 Å². The molecule has 0 saturated heterocycles. The van der Waals surface area contributed by atoms with Crippen molar-refractivity contribution in [2.75, 3.05) is 6.54 Å². The van der Waals surface area contributed by atoms with Gasteiger partial charge in [-0.05, 0) is 36.1 Å². The molecule has 0 bridgehead atoms. The zero-order valence-electron chi connectivity index (χ0n) is 12.7.